The molecule has 0 radical (unpaired) electrons. The molecular weight excluding hydrogens is 208 g/mol. The van der Waals surface area contributed by atoms with Gasteiger partial charge in [0.15, 0.2) is 5.78 Å². The average molecular weight is 230 g/mol. The van der Waals surface area contributed by atoms with Crippen molar-refractivity contribution in [1.82, 2.24) is 0 Å². The third kappa shape index (κ3) is 2.43. The Bertz CT molecular complexity index is 445. The van der Waals surface area contributed by atoms with Gasteiger partial charge in [0.25, 0.3) is 0 Å². The van der Waals surface area contributed by atoms with E-state index in [0.29, 0.717) is 5.78 Å². The Kier molecular flexibility index (Phi) is 3.37. The topological polar surface area (TPSA) is 17.1 Å². The van der Waals surface area contributed by atoms with Crippen LogP contribution in [0.2, 0.25) is 0 Å². The Balaban J connectivity index is 2.28. The molecule has 1 nitrogen and oxygen atoms in total. The maximum absolute atomic E-state index is 12.5. The first-order valence-corrected chi connectivity index (χ1v) is 6.61. The van der Waals surface area contributed by atoms with Crippen molar-refractivity contribution in [1.29, 1.82) is 0 Å². The number of carbonyl (C=O) groups is 1. The molecule has 1 aromatic rings. The van der Waals surface area contributed by atoms with Crippen molar-refractivity contribution < 1.29 is 4.79 Å². The van der Waals surface area contributed by atoms with Gasteiger partial charge in [0.1, 0.15) is 0 Å². The summed E-state index contributed by atoms with van der Waals surface area (Å²) >= 11 is 0. The van der Waals surface area contributed by atoms with Crippen molar-refractivity contribution in [2.45, 2.75) is 47.0 Å². The van der Waals surface area contributed by atoms with E-state index >= 15 is 0 Å². The zero-order chi connectivity index (χ0) is 12.6. The van der Waals surface area contributed by atoms with Crippen LogP contribution >= 0.6 is 0 Å². The van der Waals surface area contributed by atoms with Crippen LogP contribution in [0, 0.1) is 32.6 Å². The van der Waals surface area contributed by atoms with Crippen LogP contribution in [0.3, 0.4) is 0 Å². The minimum Gasteiger partial charge on any atom is -0.294 e. The normalized spacial score (nSPS) is 24.0. The van der Waals surface area contributed by atoms with E-state index in [0.717, 1.165) is 29.9 Å². The van der Waals surface area contributed by atoms with E-state index in [1.54, 1.807) is 0 Å². The third-order valence-electron chi connectivity index (χ3n) is 4.17. The van der Waals surface area contributed by atoms with Crippen LogP contribution in [-0.2, 0) is 0 Å². The van der Waals surface area contributed by atoms with Gasteiger partial charge in [-0.25, -0.2) is 0 Å². The van der Waals surface area contributed by atoms with Gasteiger partial charge in [0.2, 0.25) is 0 Å². The molecule has 2 atom stereocenters. The number of aryl methyl sites for hydroxylation is 3. The zero-order valence-electron chi connectivity index (χ0n) is 11.3. The molecule has 0 aromatic heterocycles. The first-order valence-electron chi connectivity index (χ1n) is 6.61. The number of rotatable bonds is 2. The van der Waals surface area contributed by atoms with E-state index in [9.17, 15) is 4.79 Å². The number of benzene rings is 1. The second-order valence-electron chi connectivity index (χ2n) is 5.73. The number of carbonyl (C=O) groups excluding carboxylic acids is 1. The summed E-state index contributed by atoms with van der Waals surface area (Å²) in [5.41, 5.74) is 4.59. The lowest BCUT2D eigenvalue weighted by Gasteiger charge is -2.13. The highest BCUT2D eigenvalue weighted by molar-refractivity contribution is 5.99. The molecule has 1 saturated carbocycles. The lowest BCUT2D eigenvalue weighted by atomic mass is 9.90. The Hall–Kier alpha value is -1.11. The van der Waals surface area contributed by atoms with E-state index in [-0.39, 0.29) is 5.92 Å². The predicted molar refractivity (Wildman–Crippen MR) is 71.5 cm³/mol. The molecule has 0 N–H and O–H groups in total. The van der Waals surface area contributed by atoms with E-state index in [2.05, 4.69) is 39.8 Å². The second-order valence-corrected chi connectivity index (χ2v) is 5.73. The highest BCUT2D eigenvalue weighted by Gasteiger charge is 2.28. The lowest BCUT2D eigenvalue weighted by Crippen LogP contribution is -2.13. The fourth-order valence-corrected chi connectivity index (χ4v) is 2.89. The molecule has 0 heterocycles. The summed E-state index contributed by atoms with van der Waals surface area (Å²) in [7, 11) is 0. The van der Waals surface area contributed by atoms with Crippen molar-refractivity contribution >= 4 is 5.78 Å². The van der Waals surface area contributed by atoms with Crippen LogP contribution in [0.5, 0.6) is 0 Å². The van der Waals surface area contributed by atoms with Crippen LogP contribution < -0.4 is 0 Å². The molecule has 17 heavy (non-hydrogen) atoms. The van der Waals surface area contributed by atoms with Gasteiger partial charge in [-0.1, -0.05) is 13.0 Å². The van der Waals surface area contributed by atoms with E-state index in [4.69, 9.17) is 0 Å². The van der Waals surface area contributed by atoms with Crippen LogP contribution in [0.25, 0.3) is 0 Å². The number of hydrogen-bond acceptors (Lipinski definition) is 1. The summed E-state index contributed by atoms with van der Waals surface area (Å²) in [6.07, 6.45) is 3.36. The zero-order valence-corrected chi connectivity index (χ0v) is 11.3. The summed E-state index contributed by atoms with van der Waals surface area (Å²) in [6.45, 7) is 8.50. The van der Waals surface area contributed by atoms with E-state index in [1.807, 2.05) is 0 Å². The summed E-state index contributed by atoms with van der Waals surface area (Å²) in [5, 5.41) is 0. The molecule has 92 valence electrons. The summed E-state index contributed by atoms with van der Waals surface area (Å²) in [5.74, 6) is 1.36. The Morgan fingerprint density at radius 2 is 1.71 bits per heavy atom. The SMILES string of the molecule is Cc1cc(C)c(C(=O)C2CCC(C)C2)cc1C. The van der Waals surface area contributed by atoms with Crippen molar-refractivity contribution in [3.8, 4) is 0 Å². The average Bonchev–Trinajstić information content (AvgIpc) is 2.69. The van der Waals surface area contributed by atoms with Gasteiger partial charge in [-0.05, 0) is 68.7 Å². The molecule has 1 aliphatic rings. The minimum atomic E-state index is 0.269. The summed E-state index contributed by atoms with van der Waals surface area (Å²) in [6, 6.07) is 4.22. The molecule has 1 aromatic carbocycles. The smallest absolute Gasteiger partial charge is 0.166 e. The maximum Gasteiger partial charge on any atom is 0.166 e. The van der Waals surface area contributed by atoms with Gasteiger partial charge in [-0.3, -0.25) is 4.79 Å². The highest BCUT2D eigenvalue weighted by atomic mass is 16.1. The Labute approximate surface area is 104 Å². The monoisotopic (exact) mass is 230 g/mol. The van der Waals surface area contributed by atoms with Gasteiger partial charge in [-0.15, -0.1) is 0 Å². The maximum atomic E-state index is 12.5. The first-order chi connectivity index (χ1) is 7.99. The molecule has 2 rings (SSSR count). The number of Topliss-reactive ketones (excluding diaryl/α,β-unsaturated/α-hetero) is 1. The molecule has 1 heteroatoms. The quantitative estimate of drug-likeness (QED) is 0.695. The molecule has 2 unspecified atom stereocenters. The molecule has 1 aliphatic carbocycles. The van der Waals surface area contributed by atoms with Crippen LogP contribution in [0.1, 0.15) is 53.2 Å². The van der Waals surface area contributed by atoms with Crippen molar-refractivity contribution in [3.63, 3.8) is 0 Å². The van der Waals surface area contributed by atoms with Crippen LogP contribution in [-0.4, -0.2) is 5.78 Å². The first kappa shape index (κ1) is 12.3. The fourth-order valence-electron chi connectivity index (χ4n) is 2.89. The third-order valence-corrected chi connectivity index (χ3v) is 4.17. The molecule has 0 aliphatic heterocycles. The minimum absolute atomic E-state index is 0.269. The summed E-state index contributed by atoms with van der Waals surface area (Å²) < 4.78 is 0. The van der Waals surface area contributed by atoms with Gasteiger partial charge in [-0.2, -0.15) is 0 Å². The predicted octanol–water partition coefficient (Wildman–Crippen LogP) is 4.23. The van der Waals surface area contributed by atoms with Crippen molar-refractivity contribution in [2.24, 2.45) is 11.8 Å². The van der Waals surface area contributed by atoms with Crippen molar-refractivity contribution in [3.05, 3.63) is 34.4 Å². The number of ketones is 1. The molecule has 0 bridgehead atoms. The van der Waals surface area contributed by atoms with E-state index < -0.39 is 0 Å². The van der Waals surface area contributed by atoms with Gasteiger partial charge in [0, 0.05) is 11.5 Å². The lowest BCUT2D eigenvalue weighted by molar-refractivity contribution is 0.0920. The Morgan fingerprint density at radius 1 is 1.06 bits per heavy atom. The van der Waals surface area contributed by atoms with E-state index in [1.165, 1.54) is 17.5 Å². The highest BCUT2D eigenvalue weighted by Crippen LogP contribution is 2.33. The summed E-state index contributed by atoms with van der Waals surface area (Å²) in [4.78, 5) is 12.5. The molecular formula is C16H22O. The van der Waals surface area contributed by atoms with Crippen molar-refractivity contribution in [2.75, 3.05) is 0 Å². The van der Waals surface area contributed by atoms with Crippen LogP contribution in [0.15, 0.2) is 12.1 Å². The van der Waals surface area contributed by atoms with Gasteiger partial charge < -0.3 is 0 Å². The molecule has 1 fully saturated rings. The van der Waals surface area contributed by atoms with Gasteiger partial charge in [0.05, 0.1) is 0 Å². The number of hydrogen-bond donors (Lipinski definition) is 0. The standard InChI is InChI=1S/C16H22O/c1-10-5-6-14(7-10)16(17)15-9-12(3)11(2)8-13(15)4/h8-10,14H,5-7H2,1-4H3. The second kappa shape index (κ2) is 4.64. The van der Waals surface area contributed by atoms with Gasteiger partial charge >= 0.3 is 0 Å². The largest absolute Gasteiger partial charge is 0.294 e. The molecule has 0 saturated heterocycles. The van der Waals surface area contributed by atoms with Crippen LogP contribution in [0.4, 0.5) is 0 Å². The Morgan fingerprint density at radius 3 is 2.29 bits per heavy atom. The fraction of sp³-hybridized carbons (Fsp3) is 0.562. The molecule has 0 spiro atoms. The molecule has 0 amide bonds.